The summed E-state index contributed by atoms with van der Waals surface area (Å²) in [7, 11) is -3.53. The molecule has 200 valence electrons. The number of nitrogens with two attached hydrogens (primary N) is 1. The van der Waals surface area contributed by atoms with Crippen molar-refractivity contribution < 1.29 is 22.7 Å². The summed E-state index contributed by atoms with van der Waals surface area (Å²) >= 11 is 6.07. The summed E-state index contributed by atoms with van der Waals surface area (Å²) < 4.78 is 27.7. The number of anilines is 2. The second kappa shape index (κ2) is 11.6. The summed E-state index contributed by atoms with van der Waals surface area (Å²) in [5.41, 5.74) is 2.88. The van der Waals surface area contributed by atoms with E-state index in [9.17, 15) is 18.0 Å². The number of rotatable bonds is 8. The number of sulfonamides is 1. The number of halogens is 1. The van der Waals surface area contributed by atoms with Gasteiger partial charge in [-0.25, -0.2) is 13.6 Å². The average Bonchev–Trinajstić information content (AvgIpc) is 2.87. The molecule has 0 aromatic heterocycles. The van der Waals surface area contributed by atoms with Crippen molar-refractivity contribution in [3.05, 3.63) is 88.9 Å². The molecular formula is C28H30ClN3O5S. The highest BCUT2D eigenvalue weighted by molar-refractivity contribution is 7.89. The maximum Gasteiger partial charge on any atom is 0.258 e. The van der Waals surface area contributed by atoms with Crippen molar-refractivity contribution in [2.24, 2.45) is 5.14 Å². The number of para-hydroxylation sites is 1. The zero-order chi connectivity index (χ0) is 27.4. The van der Waals surface area contributed by atoms with E-state index in [1.165, 1.54) is 6.92 Å². The van der Waals surface area contributed by atoms with Crippen molar-refractivity contribution in [2.75, 3.05) is 22.2 Å². The second-order valence-electron chi connectivity index (χ2n) is 9.29. The van der Waals surface area contributed by atoms with Gasteiger partial charge in [0.15, 0.2) is 0 Å². The van der Waals surface area contributed by atoms with E-state index in [1.807, 2.05) is 43.3 Å². The molecule has 2 unspecified atom stereocenters. The van der Waals surface area contributed by atoms with Crippen LogP contribution in [0.2, 0.25) is 5.02 Å². The van der Waals surface area contributed by atoms with Gasteiger partial charge in [-0.15, -0.1) is 0 Å². The smallest absolute Gasteiger partial charge is 0.258 e. The molecule has 4 rings (SSSR count). The minimum atomic E-state index is -3.53. The zero-order valence-corrected chi connectivity index (χ0v) is 22.8. The number of primary sulfonamides is 1. The first-order valence-corrected chi connectivity index (χ1v) is 14.4. The van der Waals surface area contributed by atoms with Gasteiger partial charge in [0.05, 0.1) is 18.4 Å². The van der Waals surface area contributed by atoms with Gasteiger partial charge in [0.2, 0.25) is 15.9 Å². The number of benzene rings is 3. The Labute approximate surface area is 228 Å². The summed E-state index contributed by atoms with van der Waals surface area (Å²) in [6, 6.07) is 21.1. The normalized spacial score (nSPS) is 17.0. The number of nitrogens with zero attached hydrogens (tertiary/aromatic N) is 2. The largest absolute Gasteiger partial charge is 0.494 e. The molecule has 1 heterocycles. The maximum absolute atomic E-state index is 13.7. The highest BCUT2D eigenvalue weighted by atomic mass is 35.5. The average molecular weight is 556 g/mol. The number of hydrogen-bond acceptors (Lipinski definition) is 5. The molecule has 0 saturated heterocycles. The molecule has 2 N–H and O–H groups in total. The van der Waals surface area contributed by atoms with Crippen LogP contribution in [0.1, 0.15) is 48.7 Å². The lowest BCUT2D eigenvalue weighted by atomic mass is 9.89. The van der Waals surface area contributed by atoms with Crippen LogP contribution in [0.5, 0.6) is 5.75 Å². The third kappa shape index (κ3) is 6.35. The van der Waals surface area contributed by atoms with Gasteiger partial charge < -0.3 is 14.5 Å². The zero-order valence-electron chi connectivity index (χ0n) is 21.2. The molecule has 0 radical (unpaired) electrons. The van der Waals surface area contributed by atoms with Gasteiger partial charge in [0.1, 0.15) is 5.75 Å². The fourth-order valence-electron chi connectivity index (χ4n) is 4.80. The van der Waals surface area contributed by atoms with Crippen LogP contribution in [-0.2, 0) is 14.8 Å². The maximum atomic E-state index is 13.7. The van der Waals surface area contributed by atoms with Gasteiger partial charge in [-0.3, -0.25) is 9.59 Å². The van der Waals surface area contributed by atoms with E-state index < -0.39 is 10.0 Å². The molecule has 0 aliphatic carbocycles. The number of hydrogen-bond donors (Lipinski definition) is 1. The van der Waals surface area contributed by atoms with Gasteiger partial charge >= 0.3 is 0 Å². The molecule has 1 aliphatic heterocycles. The SMILES string of the molecule is CC(=O)N(c1ccc(Cl)cc1)C1CC(C)N(C(=O)c2ccc(OCCCS(N)(=O)=O)cc2)c2ccccc21. The summed E-state index contributed by atoms with van der Waals surface area (Å²) in [6.45, 7) is 3.71. The summed E-state index contributed by atoms with van der Waals surface area (Å²) in [4.78, 5) is 30.0. The first-order valence-electron chi connectivity index (χ1n) is 12.3. The van der Waals surface area contributed by atoms with E-state index in [-0.39, 0.29) is 42.7 Å². The van der Waals surface area contributed by atoms with Crippen molar-refractivity contribution in [2.45, 2.75) is 38.8 Å². The van der Waals surface area contributed by atoms with E-state index in [0.717, 1.165) is 16.9 Å². The Balaban J connectivity index is 1.57. The van der Waals surface area contributed by atoms with Crippen LogP contribution in [-0.4, -0.2) is 38.6 Å². The van der Waals surface area contributed by atoms with E-state index in [4.69, 9.17) is 21.5 Å². The van der Waals surface area contributed by atoms with Gasteiger partial charge in [-0.2, -0.15) is 0 Å². The molecule has 2 atom stereocenters. The Morgan fingerprint density at radius 1 is 1.05 bits per heavy atom. The van der Waals surface area contributed by atoms with Gasteiger partial charge in [-0.1, -0.05) is 29.8 Å². The molecule has 10 heteroatoms. The quantitative estimate of drug-likeness (QED) is 0.396. The molecule has 3 aromatic carbocycles. The third-order valence-corrected chi connectivity index (χ3v) is 7.59. The predicted octanol–water partition coefficient (Wildman–Crippen LogP) is 4.93. The highest BCUT2D eigenvalue weighted by Crippen LogP contribution is 2.42. The van der Waals surface area contributed by atoms with Crippen LogP contribution < -0.4 is 19.7 Å². The summed E-state index contributed by atoms with van der Waals surface area (Å²) in [5.74, 6) is 0.114. The molecule has 0 bridgehead atoms. The lowest BCUT2D eigenvalue weighted by Crippen LogP contribution is -2.47. The topological polar surface area (TPSA) is 110 Å². The van der Waals surface area contributed by atoms with E-state index in [0.29, 0.717) is 22.8 Å². The monoisotopic (exact) mass is 555 g/mol. The first-order chi connectivity index (χ1) is 18.0. The number of carbonyl (C=O) groups is 2. The van der Waals surface area contributed by atoms with Crippen molar-refractivity contribution in [3.8, 4) is 5.75 Å². The Bertz CT molecular complexity index is 1410. The Hall–Kier alpha value is -3.40. The van der Waals surface area contributed by atoms with Crippen molar-refractivity contribution >= 4 is 44.8 Å². The van der Waals surface area contributed by atoms with Gasteiger partial charge in [-0.05, 0) is 79.9 Å². The Kier molecular flexibility index (Phi) is 8.40. The minimum Gasteiger partial charge on any atom is -0.494 e. The standard InChI is InChI=1S/C28H30ClN3O5S/c1-19-18-27(32(20(2)33)23-12-10-22(29)11-13-23)25-6-3-4-7-26(25)31(19)28(34)21-8-14-24(15-9-21)37-16-5-17-38(30,35)36/h3-4,6-15,19,27H,5,16-18H2,1-2H3,(H2,30,35,36). The number of amides is 2. The van der Waals surface area contributed by atoms with Crippen molar-refractivity contribution in [1.82, 2.24) is 0 Å². The lowest BCUT2D eigenvalue weighted by Gasteiger charge is -2.43. The fraction of sp³-hybridized carbons (Fsp3) is 0.286. The molecule has 0 fully saturated rings. The van der Waals surface area contributed by atoms with Crippen LogP contribution in [0, 0.1) is 0 Å². The van der Waals surface area contributed by atoms with Crippen molar-refractivity contribution in [3.63, 3.8) is 0 Å². The Morgan fingerprint density at radius 3 is 2.34 bits per heavy atom. The third-order valence-electron chi connectivity index (χ3n) is 6.48. The predicted molar refractivity (Wildman–Crippen MR) is 149 cm³/mol. The van der Waals surface area contributed by atoms with Crippen LogP contribution in [0.25, 0.3) is 0 Å². The highest BCUT2D eigenvalue weighted by Gasteiger charge is 2.38. The summed E-state index contributed by atoms with van der Waals surface area (Å²) in [6.07, 6.45) is 0.826. The number of fused-ring (bicyclic) bond motifs is 1. The van der Waals surface area contributed by atoms with Crippen molar-refractivity contribution in [1.29, 1.82) is 0 Å². The van der Waals surface area contributed by atoms with Crippen LogP contribution in [0.3, 0.4) is 0 Å². The first kappa shape index (κ1) is 27.6. The number of carbonyl (C=O) groups excluding carboxylic acids is 2. The minimum absolute atomic E-state index is 0.0984. The molecule has 8 nitrogen and oxygen atoms in total. The molecular weight excluding hydrogens is 526 g/mol. The van der Waals surface area contributed by atoms with E-state index in [2.05, 4.69) is 0 Å². The van der Waals surface area contributed by atoms with Gasteiger partial charge in [0, 0.05) is 34.9 Å². The molecule has 0 spiro atoms. The van der Waals surface area contributed by atoms with Crippen LogP contribution in [0.4, 0.5) is 11.4 Å². The van der Waals surface area contributed by atoms with E-state index >= 15 is 0 Å². The lowest BCUT2D eigenvalue weighted by molar-refractivity contribution is -0.117. The molecule has 38 heavy (non-hydrogen) atoms. The van der Waals surface area contributed by atoms with E-state index in [1.54, 1.807) is 46.2 Å². The fourth-order valence-corrected chi connectivity index (χ4v) is 5.45. The molecule has 3 aromatic rings. The Morgan fingerprint density at radius 2 is 1.71 bits per heavy atom. The second-order valence-corrected chi connectivity index (χ2v) is 11.5. The molecule has 0 saturated carbocycles. The van der Waals surface area contributed by atoms with Gasteiger partial charge in [0.25, 0.3) is 5.91 Å². The summed E-state index contributed by atoms with van der Waals surface area (Å²) in [5, 5.41) is 5.60. The molecule has 2 amide bonds. The van der Waals surface area contributed by atoms with Crippen LogP contribution in [0.15, 0.2) is 72.8 Å². The number of ether oxygens (including phenoxy) is 1. The molecule has 1 aliphatic rings. The van der Waals surface area contributed by atoms with Crippen LogP contribution >= 0.6 is 11.6 Å².